The van der Waals surface area contributed by atoms with Gasteiger partial charge in [-0.05, 0) is 71.9 Å². The van der Waals surface area contributed by atoms with E-state index in [9.17, 15) is 23.1 Å². The number of benzene rings is 1. The second-order valence-electron chi connectivity index (χ2n) is 7.73. The molecule has 0 radical (unpaired) electrons. The number of carbonyl (C=O) groups is 1. The van der Waals surface area contributed by atoms with Gasteiger partial charge in [-0.3, -0.25) is 4.90 Å². The lowest BCUT2D eigenvalue weighted by Gasteiger charge is -2.35. The van der Waals surface area contributed by atoms with Gasteiger partial charge >= 0.3 is 12.3 Å². The summed E-state index contributed by atoms with van der Waals surface area (Å²) in [6.07, 6.45) is -0.977. The van der Waals surface area contributed by atoms with Crippen molar-refractivity contribution in [2.24, 2.45) is 5.92 Å². The van der Waals surface area contributed by atoms with E-state index in [-0.39, 0.29) is 6.04 Å². The van der Waals surface area contributed by atoms with Crippen LogP contribution in [0.1, 0.15) is 47.9 Å². The Morgan fingerprint density at radius 2 is 1.90 bits per heavy atom. The molecule has 1 unspecified atom stereocenters. The second kappa shape index (κ2) is 7.81. The van der Waals surface area contributed by atoms with Gasteiger partial charge in [0.05, 0.1) is 17.3 Å². The highest BCUT2D eigenvalue weighted by atomic mass is 127. The zero-order chi connectivity index (χ0) is 20.8. The van der Waals surface area contributed by atoms with Gasteiger partial charge in [0.1, 0.15) is 9.53 Å². The molecule has 1 atom stereocenters. The standard InChI is InChI=1S/C20H21F3IN3O2/c21-20(22,23)14-6-3-12(4-7-14)5-8-15-17-18(24)25-16(11-13-1-2-13)27(17)10-9-26(15)19(28)29/h3-4,6-7,13,15H,1-2,5,8-11H2,(H,28,29). The number of alkyl halides is 3. The van der Waals surface area contributed by atoms with Gasteiger partial charge in [0.15, 0.2) is 0 Å². The quantitative estimate of drug-likeness (QED) is 0.558. The summed E-state index contributed by atoms with van der Waals surface area (Å²) in [4.78, 5) is 18.0. The normalized spacial score (nSPS) is 19.3. The molecular weight excluding hydrogens is 498 g/mol. The smallest absolute Gasteiger partial charge is 0.416 e. The molecule has 1 aromatic heterocycles. The SMILES string of the molecule is O=C(O)N1CCn2c(CC3CC3)nc(I)c2C1CCc1ccc(C(F)(F)F)cc1. The number of hydrogen-bond acceptors (Lipinski definition) is 2. The topological polar surface area (TPSA) is 58.4 Å². The van der Waals surface area contributed by atoms with E-state index in [1.165, 1.54) is 29.9 Å². The molecule has 1 aromatic carbocycles. The molecule has 1 fully saturated rings. The van der Waals surface area contributed by atoms with Crippen LogP contribution in [0.15, 0.2) is 24.3 Å². The maximum atomic E-state index is 12.8. The third-order valence-electron chi connectivity index (χ3n) is 5.70. The number of rotatable bonds is 5. The molecule has 2 aromatic rings. The number of nitrogens with zero attached hydrogens (tertiary/aromatic N) is 3. The molecule has 0 saturated heterocycles. The summed E-state index contributed by atoms with van der Waals surface area (Å²) in [6, 6.07) is 4.74. The number of fused-ring (bicyclic) bond motifs is 1. The maximum absolute atomic E-state index is 12.8. The van der Waals surface area contributed by atoms with Crippen molar-refractivity contribution in [3.05, 3.63) is 50.6 Å². The Labute approximate surface area is 180 Å². The average molecular weight is 519 g/mol. The Kier molecular flexibility index (Phi) is 5.52. The molecule has 0 spiro atoms. The average Bonchev–Trinajstić information content (AvgIpc) is 3.42. The van der Waals surface area contributed by atoms with Crippen molar-refractivity contribution in [1.29, 1.82) is 0 Å². The first-order valence-corrected chi connectivity index (χ1v) is 10.7. The minimum atomic E-state index is -4.36. The molecule has 2 heterocycles. The zero-order valence-electron chi connectivity index (χ0n) is 15.6. The molecule has 1 N–H and O–H groups in total. The number of amides is 1. The fourth-order valence-electron chi connectivity index (χ4n) is 3.98. The third-order valence-corrected chi connectivity index (χ3v) is 6.49. The second-order valence-corrected chi connectivity index (χ2v) is 8.75. The zero-order valence-corrected chi connectivity index (χ0v) is 17.8. The summed E-state index contributed by atoms with van der Waals surface area (Å²) in [7, 11) is 0. The van der Waals surface area contributed by atoms with Crippen LogP contribution in [0.2, 0.25) is 0 Å². The van der Waals surface area contributed by atoms with Crippen LogP contribution in [0.25, 0.3) is 0 Å². The summed E-state index contributed by atoms with van der Waals surface area (Å²) in [5.41, 5.74) is 0.999. The van der Waals surface area contributed by atoms with E-state index in [0.717, 1.165) is 39.3 Å². The minimum Gasteiger partial charge on any atom is -0.465 e. The van der Waals surface area contributed by atoms with Gasteiger partial charge in [0.25, 0.3) is 0 Å². The van der Waals surface area contributed by atoms with Gasteiger partial charge in [0.2, 0.25) is 0 Å². The van der Waals surface area contributed by atoms with Crippen LogP contribution < -0.4 is 0 Å². The summed E-state index contributed by atoms with van der Waals surface area (Å²) < 4.78 is 41.3. The summed E-state index contributed by atoms with van der Waals surface area (Å²) >= 11 is 2.17. The summed E-state index contributed by atoms with van der Waals surface area (Å²) in [6.45, 7) is 0.987. The largest absolute Gasteiger partial charge is 0.465 e. The van der Waals surface area contributed by atoms with Crippen LogP contribution in [-0.2, 0) is 25.6 Å². The number of aromatic nitrogens is 2. The van der Waals surface area contributed by atoms with Crippen molar-refractivity contribution in [3.63, 3.8) is 0 Å². The molecule has 156 valence electrons. The highest BCUT2D eigenvalue weighted by Gasteiger charge is 2.36. The third kappa shape index (κ3) is 4.39. The van der Waals surface area contributed by atoms with Crippen molar-refractivity contribution in [3.8, 4) is 0 Å². The van der Waals surface area contributed by atoms with Crippen LogP contribution >= 0.6 is 22.6 Å². The molecule has 1 aliphatic heterocycles. The summed E-state index contributed by atoms with van der Waals surface area (Å²) in [5.74, 6) is 1.71. The molecule has 1 aliphatic carbocycles. The van der Waals surface area contributed by atoms with E-state index in [1.807, 2.05) is 0 Å². The Morgan fingerprint density at radius 1 is 1.21 bits per heavy atom. The van der Waals surface area contributed by atoms with Crippen LogP contribution in [-0.4, -0.2) is 32.2 Å². The number of halogens is 4. The number of aryl methyl sites for hydroxylation is 1. The number of imidazole rings is 1. The first-order chi connectivity index (χ1) is 13.7. The molecule has 4 rings (SSSR count). The molecule has 5 nitrogen and oxygen atoms in total. The maximum Gasteiger partial charge on any atom is 0.416 e. The summed E-state index contributed by atoms with van der Waals surface area (Å²) in [5, 5.41) is 9.68. The number of hydrogen-bond donors (Lipinski definition) is 1. The number of carboxylic acid groups (broad SMARTS) is 1. The van der Waals surface area contributed by atoms with E-state index >= 15 is 0 Å². The van der Waals surface area contributed by atoms with Crippen molar-refractivity contribution < 1.29 is 23.1 Å². The lowest BCUT2D eigenvalue weighted by Crippen LogP contribution is -2.42. The van der Waals surface area contributed by atoms with Gasteiger partial charge in [-0.1, -0.05) is 12.1 Å². The van der Waals surface area contributed by atoms with Crippen LogP contribution in [0, 0.1) is 9.62 Å². The van der Waals surface area contributed by atoms with Gasteiger partial charge in [0, 0.05) is 19.5 Å². The molecule has 1 amide bonds. The predicted octanol–water partition coefficient (Wildman–Crippen LogP) is 5.13. The highest BCUT2D eigenvalue weighted by Crippen LogP contribution is 2.38. The lowest BCUT2D eigenvalue weighted by molar-refractivity contribution is -0.137. The molecule has 2 aliphatic rings. The van der Waals surface area contributed by atoms with E-state index < -0.39 is 17.8 Å². The fourth-order valence-corrected chi connectivity index (χ4v) is 4.91. The molecule has 9 heteroatoms. The van der Waals surface area contributed by atoms with Crippen LogP contribution in [0.3, 0.4) is 0 Å². The minimum absolute atomic E-state index is 0.351. The monoisotopic (exact) mass is 519 g/mol. The molecular formula is C20H21F3IN3O2. The lowest BCUT2D eigenvalue weighted by atomic mass is 9.99. The highest BCUT2D eigenvalue weighted by molar-refractivity contribution is 14.1. The fraction of sp³-hybridized carbons (Fsp3) is 0.500. The van der Waals surface area contributed by atoms with Gasteiger partial charge in [-0.2, -0.15) is 13.2 Å². The van der Waals surface area contributed by atoms with E-state index in [4.69, 9.17) is 4.98 Å². The van der Waals surface area contributed by atoms with Crippen molar-refractivity contribution in [2.45, 2.75) is 50.9 Å². The Morgan fingerprint density at radius 3 is 2.48 bits per heavy atom. The van der Waals surface area contributed by atoms with E-state index in [2.05, 4.69) is 27.2 Å². The predicted molar refractivity (Wildman–Crippen MR) is 109 cm³/mol. The van der Waals surface area contributed by atoms with E-state index in [1.54, 1.807) is 0 Å². The molecule has 29 heavy (non-hydrogen) atoms. The van der Waals surface area contributed by atoms with Crippen molar-refractivity contribution >= 4 is 28.7 Å². The van der Waals surface area contributed by atoms with Gasteiger partial charge in [-0.15, -0.1) is 0 Å². The Balaban J connectivity index is 1.56. The first kappa shape index (κ1) is 20.5. The first-order valence-electron chi connectivity index (χ1n) is 9.64. The Hall–Kier alpha value is -1.78. The molecule has 0 bridgehead atoms. The van der Waals surface area contributed by atoms with Crippen LogP contribution in [0.5, 0.6) is 0 Å². The van der Waals surface area contributed by atoms with Crippen LogP contribution in [0.4, 0.5) is 18.0 Å². The van der Waals surface area contributed by atoms with Gasteiger partial charge in [-0.25, -0.2) is 9.78 Å². The van der Waals surface area contributed by atoms with E-state index in [0.29, 0.717) is 31.8 Å². The van der Waals surface area contributed by atoms with Gasteiger partial charge < -0.3 is 9.67 Å². The van der Waals surface area contributed by atoms with Crippen molar-refractivity contribution in [2.75, 3.05) is 6.54 Å². The van der Waals surface area contributed by atoms with Crippen molar-refractivity contribution in [1.82, 2.24) is 14.5 Å². The Bertz CT molecular complexity index is 907. The molecule has 1 saturated carbocycles.